The van der Waals surface area contributed by atoms with E-state index in [2.05, 4.69) is 0 Å². The van der Waals surface area contributed by atoms with E-state index in [1.165, 1.54) is 39.2 Å². The minimum absolute atomic E-state index is 0.0571. The van der Waals surface area contributed by atoms with E-state index < -0.39 is 50.5 Å². The Hall–Kier alpha value is -4.15. The zero-order valence-electron chi connectivity index (χ0n) is 16.1. The molecule has 11 heteroatoms. The second-order valence-corrected chi connectivity index (χ2v) is 6.67. The highest BCUT2D eigenvalue weighted by Crippen LogP contribution is 2.37. The molecule has 0 fully saturated rings. The third-order valence-electron chi connectivity index (χ3n) is 4.75. The van der Waals surface area contributed by atoms with Crippen LogP contribution in [0.5, 0.6) is 11.6 Å². The Morgan fingerprint density at radius 3 is 2.33 bits per heavy atom. The van der Waals surface area contributed by atoms with Crippen LogP contribution in [-0.4, -0.2) is 24.3 Å². The summed E-state index contributed by atoms with van der Waals surface area (Å²) in [5.41, 5.74) is -3.87. The van der Waals surface area contributed by atoms with E-state index in [9.17, 15) is 34.7 Å². The van der Waals surface area contributed by atoms with Crippen LogP contribution in [0.25, 0.3) is 0 Å². The lowest BCUT2D eigenvalue weighted by Gasteiger charge is -2.20. The second kappa shape index (κ2) is 7.35. The van der Waals surface area contributed by atoms with Crippen molar-refractivity contribution in [2.24, 2.45) is 14.1 Å². The number of rotatable bonds is 4. The zero-order valence-corrected chi connectivity index (χ0v) is 16.1. The Morgan fingerprint density at radius 2 is 1.73 bits per heavy atom. The molecule has 0 saturated heterocycles. The topological polar surface area (TPSA) is 158 Å². The van der Waals surface area contributed by atoms with Crippen LogP contribution in [0.15, 0.2) is 49.1 Å². The third kappa shape index (κ3) is 3.26. The van der Waals surface area contributed by atoms with Gasteiger partial charge in [0.05, 0.1) is 22.0 Å². The fourth-order valence-corrected chi connectivity index (χ4v) is 3.28. The largest absolute Gasteiger partial charge is 0.507 e. The number of hydrogen-bond donors (Lipinski definition) is 2. The first-order valence-electron chi connectivity index (χ1n) is 8.61. The molecule has 0 aliphatic carbocycles. The molecule has 1 aromatic carbocycles. The van der Waals surface area contributed by atoms with E-state index in [1.807, 2.05) is 0 Å². The lowest BCUT2D eigenvalue weighted by atomic mass is 9.86. The van der Waals surface area contributed by atoms with Gasteiger partial charge in [-0.25, -0.2) is 9.59 Å². The molecule has 2 aromatic heterocycles. The van der Waals surface area contributed by atoms with Gasteiger partial charge in [-0.3, -0.25) is 24.0 Å². The molecule has 156 valence electrons. The summed E-state index contributed by atoms with van der Waals surface area (Å²) >= 11 is 0. The van der Waals surface area contributed by atoms with Crippen molar-refractivity contribution in [1.29, 1.82) is 0 Å². The van der Waals surface area contributed by atoms with E-state index >= 15 is 0 Å². The van der Waals surface area contributed by atoms with Crippen molar-refractivity contribution < 1.29 is 19.6 Å². The van der Waals surface area contributed by atoms with Crippen molar-refractivity contribution in [2.45, 2.75) is 12.8 Å². The summed E-state index contributed by atoms with van der Waals surface area (Å²) in [5.74, 6) is -2.64. The Morgan fingerprint density at radius 1 is 1.07 bits per heavy atom. The third-order valence-corrected chi connectivity index (χ3v) is 4.75. The first kappa shape index (κ1) is 20.6. The van der Waals surface area contributed by atoms with Crippen LogP contribution in [0.4, 0.5) is 5.69 Å². The summed E-state index contributed by atoms with van der Waals surface area (Å²) in [6.45, 7) is 1.43. The molecule has 30 heavy (non-hydrogen) atoms. The van der Waals surface area contributed by atoms with Gasteiger partial charge >= 0.3 is 11.3 Å². The summed E-state index contributed by atoms with van der Waals surface area (Å²) in [6, 6.07) is 6.17. The Balaban J connectivity index is 2.50. The lowest BCUT2D eigenvalue weighted by molar-refractivity contribution is -0.384. The van der Waals surface area contributed by atoms with Crippen molar-refractivity contribution in [3.8, 4) is 11.6 Å². The second-order valence-electron chi connectivity index (χ2n) is 6.67. The average Bonchev–Trinajstić information content (AvgIpc) is 2.69. The van der Waals surface area contributed by atoms with Crippen molar-refractivity contribution in [3.63, 3.8) is 0 Å². The van der Waals surface area contributed by atoms with Gasteiger partial charge in [0.15, 0.2) is 0 Å². The molecule has 0 aliphatic rings. The number of non-ortho nitro benzene ring substituents is 1. The number of nitro benzene ring substituents is 1. The molecule has 2 heterocycles. The fraction of sp³-hybridized carbons (Fsp3) is 0.211. The molecule has 0 bridgehead atoms. The van der Waals surface area contributed by atoms with Crippen LogP contribution in [0, 0.1) is 17.0 Å². The first-order chi connectivity index (χ1) is 14.0. The minimum atomic E-state index is -1.45. The Kier molecular flexibility index (Phi) is 5.04. The maximum atomic E-state index is 12.9. The van der Waals surface area contributed by atoms with Gasteiger partial charge in [0, 0.05) is 32.3 Å². The van der Waals surface area contributed by atoms with Crippen molar-refractivity contribution in [1.82, 2.24) is 9.13 Å². The Bertz CT molecular complexity index is 1350. The van der Waals surface area contributed by atoms with Gasteiger partial charge in [0.1, 0.15) is 11.5 Å². The highest BCUT2D eigenvalue weighted by Gasteiger charge is 2.32. The van der Waals surface area contributed by atoms with E-state index in [0.717, 1.165) is 16.7 Å². The predicted octanol–water partition coefficient (Wildman–Crippen LogP) is 0.845. The van der Waals surface area contributed by atoms with Gasteiger partial charge in [0.2, 0.25) is 5.88 Å². The normalized spacial score (nSPS) is 12.0. The summed E-state index contributed by atoms with van der Waals surface area (Å²) in [7, 11) is 2.39. The van der Waals surface area contributed by atoms with E-state index in [1.54, 1.807) is 0 Å². The molecular formula is C19H17N3O8. The van der Waals surface area contributed by atoms with Crippen molar-refractivity contribution in [2.75, 3.05) is 0 Å². The molecular weight excluding hydrogens is 398 g/mol. The zero-order chi connectivity index (χ0) is 22.3. The van der Waals surface area contributed by atoms with Gasteiger partial charge in [-0.2, -0.15) is 0 Å². The van der Waals surface area contributed by atoms with Crippen molar-refractivity contribution in [3.05, 3.63) is 94.2 Å². The van der Waals surface area contributed by atoms with Crippen molar-refractivity contribution >= 4 is 5.69 Å². The van der Waals surface area contributed by atoms with E-state index in [-0.39, 0.29) is 17.0 Å². The number of aryl methyl sites for hydroxylation is 1. The first-order valence-corrected chi connectivity index (χ1v) is 8.61. The SMILES string of the molecule is Cc1cc(O)c(C(c2cccc([N+](=O)[O-])c2)c2c(O)n(C)c(=O)n(C)c2=O)c(=O)o1. The molecule has 0 radical (unpaired) electrons. The summed E-state index contributed by atoms with van der Waals surface area (Å²) in [5, 5.41) is 32.3. The summed E-state index contributed by atoms with van der Waals surface area (Å²) in [4.78, 5) is 48.2. The number of aromatic hydroxyl groups is 2. The number of benzene rings is 1. The fourth-order valence-electron chi connectivity index (χ4n) is 3.28. The molecule has 3 aromatic rings. The van der Waals surface area contributed by atoms with Crippen LogP contribution < -0.4 is 16.9 Å². The van der Waals surface area contributed by atoms with E-state index in [4.69, 9.17) is 4.42 Å². The molecule has 1 unspecified atom stereocenters. The molecule has 1 atom stereocenters. The highest BCUT2D eigenvalue weighted by atomic mass is 16.6. The van der Waals surface area contributed by atoms with Gasteiger partial charge < -0.3 is 14.6 Å². The minimum Gasteiger partial charge on any atom is -0.507 e. The van der Waals surface area contributed by atoms with Crippen LogP contribution in [0.1, 0.15) is 28.4 Å². The average molecular weight is 415 g/mol. The smallest absolute Gasteiger partial charge is 0.343 e. The molecule has 3 rings (SSSR count). The number of aromatic nitrogens is 2. The van der Waals surface area contributed by atoms with Crippen LogP contribution >= 0.6 is 0 Å². The molecule has 0 spiro atoms. The van der Waals surface area contributed by atoms with E-state index in [0.29, 0.717) is 4.57 Å². The molecule has 11 nitrogen and oxygen atoms in total. The van der Waals surface area contributed by atoms with Crippen LogP contribution in [0.2, 0.25) is 0 Å². The van der Waals surface area contributed by atoms with Crippen LogP contribution in [-0.2, 0) is 14.1 Å². The quantitative estimate of drug-likeness (QED) is 0.469. The molecule has 0 aliphatic heterocycles. The summed E-state index contributed by atoms with van der Waals surface area (Å²) in [6.07, 6.45) is 0. The van der Waals surface area contributed by atoms with Crippen LogP contribution in [0.3, 0.4) is 0 Å². The maximum absolute atomic E-state index is 12.9. The molecule has 0 amide bonds. The predicted molar refractivity (Wildman–Crippen MR) is 104 cm³/mol. The lowest BCUT2D eigenvalue weighted by Crippen LogP contribution is -2.40. The maximum Gasteiger partial charge on any atom is 0.343 e. The van der Waals surface area contributed by atoms with Gasteiger partial charge in [-0.1, -0.05) is 12.1 Å². The number of nitro groups is 1. The molecule has 2 N–H and O–H groups in total. The van der Waals surface area contributed by atoms with Gasteiger partial charge in [0.25, 0.3) is 11.2 Å². The highest BCUT2D eigenvalue weighted by molar-refractivity contribution is 5.51. The van der Waals surface area contributed by atoms with Gasteiger partial charge in [-0.15, -0.1) is 0 Å². The standard InChI is InChI=1S/C19H17N3O8/c1-9-7-12(23)14(18(26)30-9)13(10-5-4-6-11(8-10)22(28)29)15-16(24)20(2)19(27)21(3)17(15)25/h4-8,13,23-24H,1-3H3. The monoisotopic (exact) mass is 415 g/mol. The van der Waals surface area contributed by atoms with Gasteiger partial charge in [-0.05, 0) is 12.5 Å². The molecule has 0 saturated carbocycles. The number of hydrogen-bond acceptors (Lipinski definition) is 8. The summed E-state index contributed by atoms with van der Waals surface area (Å²) < 4.78 is 6.55. The Labute approximate surface area is 167 Å². The number of nitrogens with zero attached hydrogens (tertiary/aromatic N) is 3.